The van der Waals surface area contributed by atoms with E-state index in [-0.39, 0.29) is 11.0 Å². The first-order chi connectivity index (χ1) is 9.18. The topological polar surface area (TPSA) is 25.8 Å². The van der Waals surface area contributed by atoms with Crippen LogP contribution in [0.3, 0.4) is 0 Å². The summed E-state index contributed by atoms with van der Waals surface area (Å²) in [4.78, 5) is 8.53. The van der Waals surface area contributed by atoms with Gasteiger partial charge in [0.05, 0.1) is 5.69 Å². The summed E-state index contributed by atoms with van der Waals surface area (Å²) < 4.78 is 40.1. The summed E-state index contributed by atoms with van der Waals surface area (Å²) in [6.45, 7) is 5.76. The van der Waals surface area contributed by atoms with Crippen LogP contribution in [0.4, 0.5) is 13.2 Å². The van der Waals surface area contributed by atoms with Gasteiger partial charge in [-0.25, -0.2) is 23.1 Å². The SMILES string of the molecule is CC(C)(C)c1nc(Br)cc(-c2cc(F)c(F)c(F)c2)n1. The fraction of sp³-hybridized carbons (Fsp3) is 0.286. The molecular formula is C14H12BrF3N2. The van der Waals surface area contributed by atoms with E-state index < -0.39 is 17.5 Å². The highest BCUT2D eigenvalue weighted by molar-refractivity contribution is 9.10. The number of halogens is 4. The van der Waals surface area contributed by atoms with Crippen molar-refractivity contribution in [2.24, 2.45) is 0 Å². The van der Waals surface area contributed by atoms with Crippen LogP contribution < -0.4 is 0 Å². The van der Waals surface area contributed by atoms with Crippen LogP contribution in [0.1, 0.15) is 26.6 Å². The van der Waals surface area contributed by atoms with Crippen molar-refractivity contribution >= 4 is 15.9 Å². The van der Waals surface area contributed by atoms with E-state index in [0.29, 0.717) is 16.1 Å². The Hall–Kier alpha value is -1.43. The van der Waals surface area contributed by atoms with Crippen LogP contribution in [0.25, 0.3) is 11.3 Å². The molecular weight excluding hydrogens is 333 g/mol. The Labute approximate surface area is 123 Å². The Morgan fingerprint density at radius 1 is 0.950 bits per heavy atom. The van der Waals surface area contributed by atoms with Gasteiger partial charge in [0.1, 0.15) is 10.4 Å². The van der Waals surface area contributed by atoms with Gasteiger partial charge in [0.25, 0.3) is 0 Å². The van der Waals surface area contributed by atoms with Crippen molar-refractivity contribution in [1.29, 1.82) is 0 Å². The van der Waals surface area contributed by atoms with E-state index in [0.717, 1.165) is 12.1 Å². The second-order valence-electron chi connectivity index (χ2n) is 5.40. The van der Waals surface area contributed by atoms with Crippen LogP contribution in [0, 0.1) is 17.5 Å². The Bertz CT molecular complexity index is 643. The van der Waals surface area contributed by atoms with Crippen molar-refractivity contribution in [1.82, 2.24) is 9.97 Å². The fourth-order valence-corrected chi connectivity index (χ4v) is 1.99. The van der Waals surface area contributed by atoms with Crippen molar-refractivity contribution in [2.45, 2.75) is 26.2 Å². The Morgan fingerprint density at radius 3 is 2.00 bits per heavy atom. The van der Waals surface area contributed by atoms with Crippen molar-refractivity contribution in [2.75, 3.05) is 0 Å². The third kappa shape index (κ3) is 3.00. The van der Waals surface area contributed by atoms with Crippen molar-refractivity contribution in [3.8, 4) is 11.3 Å². The lowest BCUT2D eigenvalue weighted by atomic mass is 9.95. The van der Waals surface area contributed by atoms with Gasteiger partial charge in [0.15, 0.2) is 17.5 Å². The van der Waals surface area contributed by atoms with Crippen LogP contribution in [0.2, 0.25) is 0 Å². The summed E-state index contributed by atoms with van der Waals surface area (Å²) in [6, 6.07) is 3.36. The summed E-state index contributed by atoms with van der Waals surface area (Å²) in [7, 11) is 0. The maximum atomic E-state index is 13.3. The molecule has 0 bridgehead atoms. The summed E-state index contributed by atoms with van der Waals surface area (Å²) in [6.07, 6.45) is 0. The first-order valence-electron chi connectivity index (χ1n) is 5.88. The van der Waals surface area contributed by atoms with Gasteiger partial charge in [0.2, 0.25) is 0 Å². The molecule has 0 aliphatic rings. The average molecular weight is 345 g/mol. The molecule has 106 valence electrons. The van der Waals surface area contributed by atoms with E-state index in [2.05, 4.69) is 25.9 Å². The van der Waals surface area contributed by atoms with Crippen LogP contribution in [-0.4, -0.2) is 9.97 Å². The number of benzene rings is 1. The van der Waals surface area contributed by atoms with E-state index >= 15 is 0 Å². The van der Waals surface area contributed by atoms with E-state index in [1.807, 2.05) is 20.8 Å². The second-order valence-corrected chi connectivity index (χ2v) is 6.22. The number of aromatic nitrogens is 2. The summed E-state index contributed by atoms with van der Waals surface area (Å²) >= 11 is 3.24. The van der Waals surface area contributed by atoms with Crippen LogP contribution >= 0.6 is 15.9 Å². The molecule has 0 atom stereocenters. The monoisotopic (exact) mass is 344 g/mol. The fourth-order valence-electron chi connectivity index (χ4n) is 1.60. The van der Waals surface area contributed by atoms with Gasteiger partial charge in [-0.3, -0.25) is 0 Å². The van der Waals surface area contributed by atoms with Gasteiger partial charge in [-0.1, -0.05) is 20.8 Å². The molecule has 1 heterocycles. The van der Waals surface area contributed by atoms with Gasteiger partial charge in [0, 0.05) is 11.0 Å². The first kappa shape index (κ1) is 15.0. The zero-order valence-corrected chi connectivity index (χ0v) is 12.7. The molecule has 1 aromatic carbocycles. The van der Waals surface area contributed by atoms with Gasteiger partial charge < -0.3 is 0 Å². The Morgan fingerprint density at radius 2 is 1.50 bits per heavy atom. The molecule has 1 aromatic heterocycles. The van der Waals surface area contributed by atoms with Crippen molar-refractivity contribution < 1.29 is 13.2 Å². The zero-order valence-electron chi connectivity index (χ0n) is 11.1. The quantitative estimate of drug-likeness (QED) is 0.557. The lowest BCUT2D eigenvalue weighted by Gasteiger charge is -2.17. The van der Waals surface area contributed by atoms with Gasteiger partial charge in [-0.05, 0) is 34.1 Å². The number of nitrogens with zero attached hydrogens (tertiary/aromatic N) is 2. The van der Waals surface area contributed by atoms with E-state index in [1.54, 1.807) is 0 Å². The molecule has 0 aliphatic heterocycles. The molecule has 0 fully saturated rings. The molecule has 0 spiro atoms. The number of hydrogen-bond acceptors (Lipinski definition) is 2. The standard InChI is InChI=1S/C14H12BrF3N2/c1-14(2,3)13-19-10(6-11(15)20-13)7-4-8(16)12(18)9(17)5-7/h4-6H,1-3H3. The van der Waals surface area contributed by atoms with E-state index in [4.69, 9.17) is 0 Å². The van der Waals surface area contributed by atoms with Crippen LogP contribution in [0.15, 0.2) is 22.8 Å². The molecule has 6 heteroatoms. The van der Waals surface area contributed by atoms with Crippen molar-refractivity contribution in [3.63, 3.8) is 0 Å². The van der Waals surface area contributed by atoms with Crippen LogP contribution in [-0.2, 0) is 5.41 Å². The maximum absolute atomic E-state index is 13.3. The van der Waals surface area contributed by atoms with E-state index in [1.165, 1.54) is 6.07 Å². The van der Waals surface area contributed by atoms with Gasteiger partial charge >= 0.3 is 0 Å². The largest absolute Gasteiger partial charge is 0.232 e. The highest BCUT2D eigenvalue weighted by Crippen LogP contribution is 2.27. The molecule has 0 radical (unpaired) electrons. The summed E-state index contributed by atoms with van der Waals surface area (Å²) in [5.74, 6) is -3.45. The van der Waals surface area contributed by atoms with Crippen LogP contribution in [0.5, 0.6) is 0 Å². The van der Waals surface area contributed by atoms with Gasteiger partial charge in [-0.2, -0.15) is 0 Å². The molecule has 2 nitrogen and oxygen atoms in total. The number of hydrogen-bond donors (Lipinski definition) is 0. The third-order valence-electron chi connectivity index (χ3n) is 2.65. The Kier molecular flexibility index (Phi) is 3.86. The molecule has 2 rings (SSSR count). The molecule has 2 aromatic rings. The minimum Gasteiger partial charge on any atom is -0.232 e. The van der Waals surface area contributed by atoms with Gasteiger partial charge in [-0.15, -0.1) is 0 Å². The normalized spacial score (nSPS) is 11.8. The molecule has 0 saturated heterocycles. The minimum atomic E-state index is -1.49. The minimum absolute atomic E-state index is 0.162. The predicted octanol–water partition coefficient (Wildman–Crippen LogP) is 4.62. The van der Waals surface area contributed by atoms with E-state index in [9.17, 15) is 13.2 Å². The molecule has 0 aliphatic carbocycles. The molecule has 20 heavy (non-hydrogen) atoms. The molecule has 0 amide bonds. The summed E-state index contributed by atoms with van der Waals surface area (Å²) in [5, 5.41) is 0. The molecule has 0 N–H and O–H groups in total. The predicted molar refractivity (Wildman–Crippen MR) is 73.7 cm³/mol. The Balaban J connectivity index is 2.61. The lowest BCUT2D eigenvalue weighted by Crippen LogP contribution is -2.16. The second kappa shape index (κ2) is 5.16. The summed E-state index contributed by atoms with van der Waals surface area (Å²) in [5.41, 5.74) is 0.167. The zero-order chi connectivity index (χ0) is 15.1. The third-order valence-corrected chi connectivity index (χ3v) is 3.05. The lowest BCUT2D eigenvalue weighted by molar-refractivity contribution is 0.447. The first-order valence-corrected chi connectivity index (χ1v) is 6.68. The molecule has 0 unspecified atom stereocenters. The van der Waals surface area contributed by atoms with Crippen molar-refractivity contribution in [3.05, 3.63) is 46.1 Å². The highest BCUT2D eigenvalue weighted by atomic mass is 79.9. The number of rotatable bonds is 1. The smallest absolute Gasteiger partial charge is 0.194 e. The average Bonchev–Trinajstić information content (AvgIpc) is 2.33. The highest BCUT2D eigenvalue weighted by Gasteiger charge is 2.20. The molecule has 0 saturated carbocycles. The maximum Gasteiger partial charge on any atom is 0.194 e.